The fourth-order valence-corrected chi connectivity index (χ4v) is 4.38. The van der Waals surface area contributed by atoms with Gasteiger partial charge in [-0.1, -0.05) is 82.4 Å². The molecule has 1 unspecified atom stereocenters. The molecule has 1 heterocycles. The molecule has 0 aliphatic heterocycles. The molecule has 2 nitrogen and oxygen atoms in total. The minimum atomic E-state index is 0.199. The number of hydrogen-bond donors (Lipinski definition) is 0. The van der Waals surface area contributed by atoms with Crippen molar-refractivity contribution in [2.45, 2.75) is 57.5 Å². The van der Waals surface area contributed by atoms with Crippen molar-refractivity contribution in [3.05, 3.63) is 59.9 Å². The SMILES string of the molecule is CCC(C)SC(=Nc1cccnc1)SCc1ccc(C(C)(C)C)cc1. The molecule has 0 radical (unpaired) electrons. The topological polar surface area (TPSA) is 25.2 Å². The van der Waals surface area contributed by atoms with Crippen LogP contribution in [0.1, 0.15) is 52.2 Å². The summed E-state index contributed by atoms with van der Waals surface area (Å²) in [5.41, 5.74) is 3.83. The maximum absolute atomic E-state index is 4.80. The highest BCUT2D eigenvalue weighted by atomic mass is 32.2. The molecular weight excluding hydrogens is 344 g/mol. The van der Waals surface area contributed by atoms with Crippen LogP contribution in [0, 0.1) is 0 Å². The fraction of sp³-hybridized carbons (Fsp3) is 0.429. The van der Waals surface area contributed by atoms with Crippen LogP contribution in [0.25, 0.3) is 0 Å². The highest BCUT2D eigenvalue weighted by Gasteiger charge is 2.13. The first-order valence-corrected chi connectivity index (χ1v) is 10.6. The van der Waals surface area contributed by atoms with Gasteiger partial charge >= 0.3 is 0 Å². The van der Waals surface area contributed by atoms with Gasteiger partial charge in [0.15, 0.2) is 0 Å². The van der Waals surface area contributed by atoms with Gasteiger partial charge in [0.05, 0.1) is 11.9 Å². The van der Waals surface area contributed by atoms with Crippen molar-refractivity contribution in [3.63, 3.8) is 0 Å². The Morgan fingerprint density at radius 3 is 2.44 bits per heavy atom. The Balaban J connectivity index is 2.08. The number of pyridine rings is 1. The second kappa shape index (κ2) is 9.44. The molecule has 0 N–H and O–H groups in total. The van der Waals surface area contributed by atoms with Crippen molar-refractivity contribution in [2.75, 3.05) is 0 Å². The highest BCUT2D eigenvalue weighted by molar-refractivity contribution is 8.38. The zero-order chi connectivity index (χ0) is 18.3. The first kappa shape index (κ1) is 20.1. The molecule has 0 spiro atoms. The average molecular weight is 373 g/mol. The Morgan fingerprint density at radius 2 is 1.88 bits per heavy atom. The standard InChI is InChI=1S/C21H28N2S2/c1-6-16(2)25-20(23-19-8-7-13-22-14-19)24-15-17-9-11-18(12-10-17)21(3,4)5/h7-14,16H,6,15H2,1-5H3. The molecule has 2 aromatic rings. The van der Waals surface area contributed by atoms with Gasteiger partial charge in [0.1, 0.15) is 4.38 Å². The summed E-state index contributed by atoms with van der Waals surface area (Å²) in [6.45, 7) is 11.2. The maximum Gasteiger partial charge on any atom is 0.131 e. The third-order valence-electron chi connectivity index (χ3n) is 3.93. The first-order chi connectivity index (χ1) is 11.9. The molecule has 0 saturated heterocycles. The Labute approximate surface area is 160 Å². The number of hydrogen-bond acceptors (Lipinski definition) is 4. The predicted molar refractivity (Wildman–Crippen MR) is 115 cm³/mol. The van der Waals surface area contributed by atoms with Gasteiger partial charge in [-0.25, -0.2) is 4.99 Å². The highest BCUT2D eigenvalue weighted by Crippen LogP contribution is 2.29. The summed E-state index contributed by atoms with van der Waals surface area (Å²) in [6.07, 6.45) is 4.73. The van der Waals surface area contributed by atoms with Gasteiger partial charge in [-0.3, -0.25) is 4.98 Å². The number of rotatable bonds is 5. The van der Waals surface area contributed by atoms with Crippen LogP contribution in [0.5, 0.6) is 0 Å². The second-order valence-corrected chi connectivity index (χ2v) is 9.81. The van der Waals surface area contributed by atoms with Gasteiger partial charge in [0.2, 0.25) is 0 Å². The zero-order valence-electron chi connectivity index (χ0n) is 15.8. The molecule has 0 aliphatic carbocycles. The van der Waals surface area contributed by atoms with Gasteiger partial charge in [-0.05, 0) is 35.1 Å². The Morgan fingerprint density at radius 1 is 1.16 bits per heavy atom. The van der Waals surface area contributed by atoms with Crippen molar-refractivity contribution in [2.24, 2.45) is 4.99 Å². The molecule has 0 aliphatic rings. The molecule has 0 fully saturated rings. The van der Waals surface area contributed by atoms with E-state index in [4.69, 9.17) is 4.99 Å². The minimum absolute atomic E-state index is 0.199. The Hall–Kier alpha value is -1.26. The maximum atomic E-state index is 4.80. The first-order valence-electron chi connectivity index (χ1n) is 8.76. The smallest absolute Gasteiger partial charge is 0.131 e. The van der Waals surface area contributed by atoms with Crippen LogP contribution < -0.4 is 0 Å². The van der Waals surface area contributed by atoms with Crippen LogP contribution >= 0.6 is 23.5 Å². The van der Waals surface area contributed by atoms with E-state index in [1.807, 2.05) is 41.9 Å². The van der Waals surface area contributed by atoms with E-state index in [1.165, 1.54) is 11.1 Å². The molecule has 1 atom stereocenters. The van der Waals surface area contributed by atoms with E-state index in [2.05, 4.69) is 63.9 Å². The van der Waals surface area contributed by atoms with Gasteiger partial charge in [-0.15, -0.1) is 0 Å². The van der Waals surface area contributed by atoms with Crippen molar-refractivity contribution in [3.8, 4) is 0 Å². The van der Waals surface area contributed by atoms with E-state index in [1.54, 1.807) is 6.20 Å². The normalized spacial score (nSPS) is 13.7. The molecule has 134 valence electrons. The lowest BCUT2D eigenvalue weighted by Gasteiger charge is -2.19. The summed E-state index contributed by atoms with van der Waals surface area (Å²) in [5, 5.41) is 0.561. The summed E-state index contributed by atoms with van der Waals surface area (Å²) in [5.74, 6) is 0.937. The average Bonchev–Trinajstić information content (AvgIpc) is 2.60. The molecule has 2 rings (SSSR count). The van der Waals surface area contributed by atoms with Crippen LogP contribution in [-0.2, 0) is 11.2 Å². The number of aromatic nitrogens is 1. The van der Waals surface area contributed by atoms with Gasteiger partial charge in [0.25, 0.3) is 0 Å². The van der Waals surface area contributed by atoms with Crippen molar-refractivity contribution < 1.29 is 0 Å². The summed E-state index contributed by atoms with van der Waals surface area (Å²) in [4.78, 5) is 8.96. The summed E-state index contributed by atoms with van der Waals surface area (Å²) >= 11 is 3.66. The molecule has 0 bridgehead atoms. The van der Waals surface area contributed by atoms with E-state index in [-0.39, 0.29) is 5.41 Å². The Bertz CT molecular complexity index is 673. The lowest BCUT2D eigenvalue weighted by Crippen LogP contribution is -2.10. The summed E-state index contributed by atoms with van der Waals surface area (Å²) < 4.78 is 1.11. The van der Waals surface area contributed by atoms with Crippen molar-refractivity contribution in [1.29, 1.82) is 0 Å². The summed E-state index contributed by atoms with van der Waals surface area (Å²) in [6, 6.07) is 12.9. The lowest BCUT2D eigenvalue weighted by atomic mass is 9.87. The minimum Gasteiger partial charge on any atom is -0.262 e. The van der Waals surface area contributed by atoms with Crippen molar-refractivity contribution in [1.82, 2.24) is 4.98 Å². The van der Waals surface area contributed by atoms with E-state index in [9.17, 15) is 0 Å². The number of benzene rings is 1. The Kier molecular flexibility index (Phi) is 7.57. The van der Waals surface area contributed by atoms with E-state index in [0.29, 0.717) is 5.25 Å². The molecule has 0 saturated carbocycles. The summed E-state index contributed by atoms with van der Waals surface area (Å²) in [7, 11) is 0. The molecule has 1 aromatic heterocycles. The van der Waals surface area contributed by atoms with Crippen molar-refractivity contribution >= 4 is 33.6 Å². The number of nitrogens with zero attached hydrogens (tertiary/aromatic N) is 2. The number of thioether (sulfide) groups is 2. The van der Waals surface area contributed by atoms with Gasteiger partial charge in [-0.2, -0.15) is 0 Å². The second-order valence-electron chi connectivity index (χ2n) is 7.16. The number of aliphatic imine (C=N–C) groups is 1. The third-order valence-corrected chi connectivity index (χ3v) is 6.41. The monoisotopic (exact) mass is 372 g/mol. The van der Waals surface area contributed by atoms with Crippen LogP contribution in [0.15, 0.2) is 53.8 Å². The third kappa shape index (κ3) is 6.87. The largest absolute Gasteiger partial charge is 0.262 e. The van der Waals surface area contributed by atoms with Crippen LogP contribution in [0.3, 0.4) is 0 Å². The molecular formula is C21H28N2S2. The van der Waals surface area contributed by atoms with Crippen LogP contribution in [0.4, 0.5) is 5.69 Å². The van der Waals surface area contributed by atoms with Gasteiger partial charge in [0, 0.05) is 17.2 Å². The fourth-order valence-electron chi connectivity index (χ4n) is 2.12. The van der Waals surface area contributed by atoms with E-state index < -0.39 is 0 Å². The lowest BCUT2D eigenvalue weighted by molar-refractivity contribution is 0.590. The van der Waals surface area contributed by atoms with Gasteiger partial charge < -0.3 is 0 Å². The van der Waals surface area contributed by atoms with Crippen LogP contribution in [0.2, 0.25) is 0 Å². The van der Waals surface area contributed by atoms with E-state index >= 15 is 0 Å². The molecule has 4 heteroatoms. The quantitative estimate of drug-likeness (QED) is 0.425. The zero-order valence-corrected chi connectivity index (χ0v) is 17.5. The molecule has 25 heavy (non-hydrogen) atoms. The predicted octanol–water partition coefficient (Wildman–Crippen LogP) is 6.83. The van der Waals surface area contributed by atoms with E-state index in [0.717, 1.165) is 22.2 Å². The van der Waals surface area contributed by atoms with Crippen LogP contribution in [-0.4, -0.2) is 14.6 Å². The molecule has 0 amide bonds. The molecule has 1 aromatic carbocycles.